The van der Waals surface area contributed by atoms with E-state index in [1.165, 1.54) is 6.92 Å². The number of hydrogen-bond donors (Lipinski definition) is 2. The van der Waals surface area contributed by atoms with Crippen molar-refractivity contribution in [2.75, 3.05) is 13.2 Å². The van der Waals surface area contributed by atoms with E-state index in [9.17, 15) is 14.4 Å². The van der Waals surface area contributed by atoms with Crippen LogP contribution in [0.15, 0.2) is 34.5 Å². The Balaban J connectivity index is 2.89. The molecule has 8 heteroatoms. The second-order valence-electron chi connectivity index (χ2n) is 7.90. The number of nitrogens with zero attached hydrogens (tertiary/aromatic N) is 1. The number of hydrogen-bond acceptors (Lipinski definition) is 6. The Hall–Kier alpha value is -2.67. The molecule has 0 aliphatic carbocycles. The Morgan fingerprint density at radius 3 is 2.33 bits per heavy atom. The molecule has 0 aliphatic rings. The van der Waals surface area contributed by atoms with Crippen LogP contribution in [0.25, 0.3) is 0 Å². The molecule has 0 amide bonds. The van der Waals surface area contributed by atoms with Gasteiger partial charge in [0.05, 0.1) is 5.02 Å². The second kappa shape index (κ2) is 10.9. The molecule has 164 valence electrons. The summed E-state index contributed by atoms with van der Waals surface area (Å²) in [5, 5.41) is 0.236. The summed E-state index contributed by atoms with van der Waals surface area (Å²) < 4.78 is 5.09. The highest BCUT2D eigenvalue weighted by atomic mass is 35.5. The van der Waals surface area contributed by atoms with E-state index in [-0.39, 0.29) is 33.5 Å². The summed E-state index contributed by atoms with van der Waals surface area (Å²) in [6.45, 7) is 8.69. The van der Waals surface area contributed by atoms with Gasteiger partial charge < -0.3 is 16.2 Å². The summed E-state index contributed by atoms with van der Waals surface area (Å²) >= 11 is 6.15. The molecule has 0 bridgehead atoms. The van der Waals surface area contributed by atoms with Crippen molar-refractivity contribution in [1.82, 2.24) is 0 Å². The standard InChI is InChI=1S/C22H30ClN3O4/c1-6-26-20(25)19(13(2)24)21(29)30-12-17(27)15-11-14(7-9-16(15)23)8-10-18(28)22(3,4)5/h7,9,11H,6,8,10,12,24H2,1-5H3,(H2,25,26). The van der Waals surface area contributed by atoms with Crippen molar-refractivity contribution < 1.29 is 19.1 Å². The van der Waals surface area contributed by atoms with Crippen LogP contribution in [0.5, 0.6) is 0 Å². The summed E-state index contributed by atoms with van der Waals surface area (Å²) in [6.07, 6.45) is 0.838. The first-order chi connectivity index (χ1) is 13.9. The number of benzene rings is 1. The zero-order chi connectivity index (χ0) is 23.1. The van der Waals surface area contributed by atoms with Crippen LogP contribution in [0.1, 0.15) is 57.0 Å². The monoisotopic (exact) mass is 435 g/mol. The number of allylic oxidation sites excluding steroid dienone is 1. The van der Waals surface area contributed by atoms with Crippen molar-refractivity contribution in [1.29, 1.82) is 0 Å². The molecule has 1 aromatic rings. The van der Waals surface area contributed by atoms with Gasteiger partial charge in [-0.25, -0.2) is 4.79 Å². The normalized spacial score (nSPS) is 12.9. The second-order valence-corrected chi connectivity index (χ2v) is 8.31. The predicted molar refractivity (Wildman–Crippen MR) is 119 cm³/mol. The maximum Gasteiger partial charge on any atom is 0.344 e. The van der Waals surface area contributed by atoms with Crippen molar-refractivity contribution in [2.45, 2.75) is 47.5 Å². The van der Waals surface area contributed by atoms with Gasteiger partial charge in [-0.3, -0.25) is 14.6 Å². The van der Waals surface area contributed by atoms with E-state index in [0.717, 1.165) is 5.56 Å². The SMILES string of the molecule is CCN=C(N)C(C(=O)OCC(=O)c1cc(CCC(=O)C(C)(C)C)ccc1Cl)=C(C)N. The fourth-order valence-electron chi connectivity index (χ4n) is 2.57. The van der Waals surface area contributed by atoms with E-state index >= 15 is 0 Å². The Morgan fingerprint density at radius 1 is 1.17 bits per heavy atom. The number of halogens is 1. The molecule has 4 N–H and O–H groups in total. The molecule has 0 aromatic heterocycles. The fraction of sp³-hybridized carbons (Fsp3) is 0.455. The van der Waals surface area contributed by atoms with Gasteiger partial charge in [0.2, 0.25) is 5.78 Å². The molecule has 1 aromatic carbocycles. The third kappa shape index (κ3) is 7.30. The minimum atomic E-state index is -0.832. The smallest absolute Gasteiger partial charge is 0.344 e. The van der Waals surface area contributed by atoms with Gasteiger partial charge in [0.1, 0.15) is 17.2 Å². The molecule has 30 heavy (non-hydrogen) atoms. The molecule has 0 saturated heterocycles. The summed E-state index contributed by atoms with van der Waals surface area (Å²) in [7, 11) is 0. The molecule has 0 aliphatic heterocycles. The molecule has 0 saturated carbocycles. The van der Waals surface area contributed by atoms with Crippen LogP contribution in [-0.2, 0) is 20.7 Å². The van der Waals surface area contributed by atoms with Gasteiger partial charge in [-0.1, -0.05) is 38.4 Å². The van der Waals surface area contributed by atoms with Crippen LogP contribution in [0, 0.1) is 5.41 Å². The molecular formula is C22H30ClN3O4. The largest absolute Gasteiger partial charge is 0.454 e. The maximum absolute atomic E-state index is 12.6. The Kier molecular flexibility index (Phi) is 9.23. The van der Waals surface area contributed by atoms with E-state index in [1.807, 2.05) is 20.8 Å². The van der Waals surface area contributed by atoms with Crippen LogP contribution in [-0.4, -0.2) is 36.5 Å². The van der Waals surface area contributed by atoms with Gasteiger partial charge in [0.15, 0.2) is 6.61 Å². The van der Waals surface area contributed by atoms with Gasteiger partial charge >= 0.3 is 5.97 Å². The van der Waals surface area contributed by atoms with E-state index in [0.29, 0.717) is 19.4 Å². The molecule has 0 heterocycles. The van der Waals surface area contributed by atoms with Crippen LogP contribution in [0.4, 0.5) is 0 Å². The number of ketones is 2. The van der Waals surface area contributed by atoms with Gasteiger partial charge in [-0.2, -0.15) is 0 Å². The van der Waals surface area contributed by atoms with Crippen LogP contribution in [0.3, 0.4) is 0 Å². The molecule has 0 spiro atoms. The molecule has 1 rings (SSSR count). The maximum atomic E-state index is 12.6. The van der Waals surface area contributed by atoms with Crippen molar-refractivity contribution in [3.05, 3.63) is 45.6 Å². The Morgan fingerprint density at radius 2 is 1.80 bits per heavy atom. The van der Waals surface area contributed by atoms with Crippen LogP contribution < -0.4 is 11.5 Å². The number of amidine groups is 1. The first-order valence-electron chi connectivity index (χ1n) is 9.67. The highest BCUT2D eigenvalue weighted by molar-refractivity contribution is 6.34. The van der Waals surface area contributed by atoms with Crippen molar-refractivity contribution in [3.63, 3.8) is 0 Å². The molecule has 0 radical (unpaired) electrons. The number of ether oxygens (including phenoxy) is 1. The summed E-state index contributed by atoms with van der Waals surface area (Å²) in [4.78, 5) is 41.0. The number of rotatable bonds is 9. The average Bonchev–Trinajstić information content (AvgIpc) is 2.64. The molecular weight excluding hydrogens is 406 g/mol. The lowest BCUT2D eigenvalue weighted by Crippen LogP contribution is -2.28. The van der Waals surface area contributed by atoms with Gasteiger partial charge in [0, 0.05) is 29.6 Å². The summed E-state index contributed by atoms with van der Waals surface area (Å²) in [5.41, 5.74) is 12.1. The van der Waals surface area contributed by atoms with Gasteiger partial charge in [-0.15, -0.1) is 0 Å². The van der Waals surface area contributed by atoms with Gasteiger partial charge in [0.25, 0.3) is 0 Å². The number of aliphatic imine (C=N–C) groups is 1. The number of carbonyl (C=O) groups excluding carboxylic acids is 3. The minimum Gasteiger partial charge on any atom is -0.454 e. The molecule has 0 fully saturated rings. The highest BCUT2D eigenvalue weighted by Gasteiger charge is 2.22. The van der Waals surface area contributed by atoms with E-state index in [4.69, 9.17) is 27.8 Å². The third-order valence-electron chi connectivity index (χ3n) is 4.33. The quantitative estimate of drug-likeness (QED) is 0.202. The van der Waals surface area contributed by atoms with Crippen molar-refractivity contribution in [3.8, 4) is 0 Å². The highest BCUT2D eigenvalue weighted by Crippen LogP contribution is 2.22. The number of esters is 1. The topological polar surface area (TPSA) is 125 Å². The molecule has 0 unspecified atom stereocenters. The zero-order valence-electron chi connectivity index (χ0n) is 18.2. The predicted octanol–water partition coefficient (Wildman–Crippen LogP) is 3.22. The lowest BCUT2D eigenvalue weighted by atomic mass is 9.87. The first-order valence-corrected chi connectivity index (χ1v) is 10.0. The van der Waals surface area contributed by atoms with Crippen molar-refractivity contribution >= 4 is 35.0 Å². The van der Waals surface area contributed by atoms with Crippen molar-refractivity contribution in [2.24, 2.45) is 21.9 Å². The average molecular weight is 436 g/mol. The summed E-state index contributed by atoms with van der Waals surface area (Å²) in [5.74, 6) is -1.22. The Bertz CT molecular complexity index is 879. The lowest BCUT2D eigenvalue weighted by molar-refractivity contribution is -0.137. The summed E-state index contributed by atoms with van der Waals surface area (Å²) in [6, 6.07) is 4.97. The third-order valence-corrected chi connectivity index (χ3v) is 4.66. The number of aryl methyl sites for hydroxylation is 1. The lowest BCUT2D eigenvalue weighted by Gasteiger charge is -2.16. The van der Waals surface area contributed by atoms with E-state index < -0.39 is 23.8 Å². The van der Waals surface area contributed by atoms with E-state index in [2.05, 4.69) is 4.99 Å². The Labute approximate surface area is 182 Å². The van der Waals surface area contributed by atoms with Crippen LogP contribution >= 0.6 is 11.6 Å². The molecule has 0 atom stereocenters. The number of carbonyl (C=O) groups is 3. The number of Topliss-reactive ketones (excluding diaryl/α,β-unsaturated/α-hetero) is 2. The first kappa shape index (κ1) is 25.4. The van der Waals surface area contributed by atoms with Gasteiger partial charge in [-0.05, 0) is 38.0 Å². The van der Waals surface area contributed by atoms with Crippen LogP contribution in [0.2, 0.25) is 5.02 Å². The fourth-order valence-corrected chi connectivity index (χ4v) is 2.80. The number of nitrogens with two attached hydrogens (primary N) is 2. The minimum absolute atomic E-state index is 0.0431. The van der Waals surface area contributed by atoms with E-state index in [1.54, 1.807) is 25.1 Å². The zero-order valence-corrected chi connectivity index (χ0v) is 18.9. The molecule has 7 nitrogen and oxygen atoms in total.